The van der Waals surface area contributed by atoms with Gasteiger partial charge in [0.05, 0.1) is 13.7 Å². The molecule has 1 N–H and O–H groups in total. The van der Waals surface area contributed by atoms with Gasteiger partial charge < -0.3 is 19.5 Å². The van der Waals surface area contributed by atoms with E-state index in [2.05, 4.69) is 21.8 Å². The summed E-state index contributed by atoms with van der Waals surface area (Å²) >= 11 is 0. The maximum Gasteiger partial charge on any atom is 0.257 e. The summed E-state index contributed by atoms with van der Waals surface area (Å²) in [5.41, 5.74) is 2.67. The van der Waals surface area contributed by atoms with Gasteiger partial charge in [0.15, 0.2) is 5.43 Å². The number of ether oxygens (including phenoxy) is 1. The Kier molecular flexibility index (Phi) is 7.32. The molecule has 2 aromatic rings. The first kappa shape index (κ1) is 22.1. The Labute approximate surface area is 178 Å². The van der Waals surface area contributed by atoms with Gasteiger partial charge in [-0.3, -0.25) is 9.59 Å². The molecule has 6 heteroatoms. The highest BCUT2D eigenvalue weighted by Crippen LogP contribution is 2.21. The Morgan fingerprint density at radius 2 is 2.07 bits per heavy atom. The Balaban J connectivity index is 1.84. The Morgan fingerprint density at radius 3 is 2.73 bits per heavy atom. The zero-order chi connectivity index (χ0) is 21.7. The van der Waals surface area contributed by atoms with Gasteiger partial charge in [0, 0.05) is 35.6 Å². The molecular formula is C24H33N3O3. The highest BCUT2D eigenvalue weighted by atomic mass is 16.5. The van der Waals surface area contributed by atoms with Gasteiger partial charge in [-0.2, -0.15) is 0 Å². The molecule has 1 fully saturated rings. The molecule has 1 aromatic carbocycles. The summed E-state index contributed by atoms with van der Waals surface area (Å²) in [5.74, 6) is 0.524. The summed E-state index contributed by atoms with van der Waals surface area (Å²) in [6, 6.07) is 9.90. The summed E-state index contributed by atoms with van der Waals surface area (Å²) < 4.78 is 7.54. The Morgan fingerprint density at radius 1 is 1.30 bits per heavy atom. The minimum Gasteiger partial charge on any atom is -0.496 e. The number of nitrogens with one attached hydrogen (secondary N) is 1. The van der Waals surface area contributed by atoms with E-state index >= 15 is 0 Å². The van der Waals surface area contributed by atoms with Crippen LogP contribution in [0.5, 0.6) is 5.75 Å². The van der Waals surface area contributed by atoms with Crippen LogP contribution in [0.1, 0.15) is 53.5 Å². The van der Waals surface area contributed by atoms with Gasteiger partial charge in [-0.25, -0.2) is 0 Å². The van der Waals surface area contributed by atoms with E-state index in [0.717, 1.165) is 35.7 Å². The van der Waals surface area contributed by atoms with E-state index in [1.807, 2.05) is 38.1 Å². The number of para-hydroxylation sites is 1. The maximum atomic E-state index is 13.0. The molecule has 1 aromatic heterocycles. The quantitative estimate of drug-likeness (QED) is 0.725. The molecule has 2 heterocycles. The van der Waals surface area contributed by atoms with Crippen molar-refractivity contribution in [1.82, 2.24) is 14.8 Å². The van der Waals surface area contributed by atoms with Gasteiger partial charge in [0.1, 0.15) is 11.3 Å². The average molecular weight is 412 g/mol. The monoisotopic (exact) mass is 411 g/mol. The molecule has 0 aliphatic carbocycles. The highest BCUT2D eigenvalue weighted by Gasteiger charge is 2.22. The molecule has 1 aliphatic heterocycles. The summed E-state index contributed by atoms with van der Waals surface area (Å²) in [5, 5.41) is 2.99. The van der Waals surface area contributed by atoms with Gasteiger partial charge in [-0.05, 0) is 52.3 Å². The summed E-state index contributed by atoms with van der Waals surface area (Å²) in [6.07, 6.45) is 3.88. The summed E-state index contributed by atoms with van der Waals surface area (Å²) in [6.45, 7) is 6.14. The molecule has 0 saturated carbocycles. The van der Waals surface area contributed by atoms with Crippen LogP contribution in [0.15, 0.2) is 35.1 Å². The molecule has 1 aliphatic rings. The summed E-state index contributed by atoms with van der Waals surface area (Å²) in [4.78, 5) is 28.1. The van der Waals surface area contributed by atoms with Crippen LogP contribution >= 0.6 is 0 Å². The number of aromatic nitrogens is 1. The Bertz CT molecular complexity index is 951. The second-order valence-electron chi connectivity index (χ2n) is 8.04. The van der Waals surface area contributed by atoms with Crippen LogP contribution in [0.3, 0.4) is 0 Å². The molecule has 6 nitrogen and oxygen atoms in total. The minimum atomic E-state index is -0.272. The number of hydrogen-bond acceptors (Lipinski definition) is 4. The second-order valence-corrected chi connectivity index (χ2v) is 8.04. The molecular weight excluding hydrogens is 378 g/mol. The van der Waals surface area contributed by atoms with Crippen molar-refractivity contribution < 1.29 is 9.53 Å². The number of rotatable bonds is 8. The maximum absolute atomic E-state index is 13.0. The van der Waals surface area contributed by atoms with Crippen LogP contribution in [0.2, 0.25) is 0 Å². The molecule has 1 amide bonds. The van der Waals surface area contributed by atoms with Crippen molar-refractivity contribution in [3.8, 4) is 5.75 Å². The standard InChI is InChI=1S/C24H33N3O3/c1-5-20-23(24(29)25-13-12-19-10-8-14-26(19)3)21(28)15-17(2)27(20)16-18-9-6-7-11-22(18)30-4/h6-7,9,11,15,19H,5,8,10,12-14,16H2,1-4H3,(H,25,29). The fraction of sp³-hybridized carbons (Fsp3) is 0.500. The third kappa shape index (κ3) is 4.75. The lowest BCUT2D eigenvalue weighted by Gasteiger charge is -2.21. The van der Waals surface area contributed by atoms with E-state index in [1.165, 1.54) is 12.8 Å². The van der Waals surface area contributed by atoms with Crippen molar-refractivity contribution in [3.05, 3.63) is 63.1 Å². The van der Waals surface area contributed by atoms with E-state index in [9.17, 15) is 9.59 Å². The number of carbonyl (C=O) groups excluding carboxylic acids is 1. The van der Waals surface area contributed by atoms with Gasteiger partial charge in [-0.1, -0.05) is 25.1 Å². The van der Waals surface area contributed by atoms with E-state index in [-0.39, 0.29) is 16.9 Å². The van der Waals surface area contributed by atoms with Gasteiger partial charge in [0.25, 0.3) is 5.91 Å². The lowest BCUT2D eigenvalue weighted by Crippen LogP contribution is -2.35. The molecule has 1 saturated heterocycles. The van der Waals surface area contributed by atoms with Crippen LogP contribution < -0.4 is 15.5 Å². The first-order valence-electron chi connectivity index (χ1n) is 10.8. The number of nitrogens with zero attached hydrogens (tertiary/aromatic N) is 2. The van der Waals surface area contributed by atoms with Crippen LogP contribution in [0, 0.1) is 6.92 Å². The predicted octanol–water partition coefficient (Wildman–Crippen LogP) is 2.99. The fourth-order valence-corrected chi connectivity index (χ4v) is 4.45. The lowest BCUT2D eigenvalue weighted by atomic mass is 10.1. The molecule has 1 atom stereocenters. The molecule has 0 spiro atoms. The fourth-order valence-electron chi connectivity index (χ4n) is 4.45. The molecule has 3 rings (SSSR count). The number of likely N-dealkylation sites (tertiary alicyclic amines) is 1. The molecule has 30 heavy (non-hydrogen) atoms. The van der Waals surface area contributed by atoms with Crippen LogP contribution in [-0.4, -0.2) is 48.7 Å². The third-order valence-corrected chi connectivity index (χ3v) is 6.14. The zero-order valence-corrected chi connectivity index (χ0v) is 18.5. The van der Waals surface area contributed by atoms with Crippen LogP contribution in [0.4, 0.5) is 0 Å². The number of hydrogen-bond donors (Lipinski definition) is 1. The van der Waals surface area contributed by atoms with Crippen molar-refractivity contribution >= 4 is 5.91 Å². The topological polar surface area (TPSA) is 63.6 Å². The Hall–Kier alpha value is -2.60. The van der Waals surface area contributed by atoms with E-state index < -0.39 is 0 Å². The first-order chi connectivity index (χ1) is 14.5. The van der Waals surface area contributed by atoms with Crippen molar-refractivity contribution in [2.45, 2.75) is 52.1 Å². The van der Waals surface area contributed by atoms with Crippen LogP contribution in [-0.2, 0) is 13.0 Å². The van der Waals surface area contributed by atoms with Gasteiger partial charge >= 0.3 is 0 Å². The summed E-state index contributed by atoms with van der Waals surface area (Å²) in [7, 11) is 3.78. The van der Waals surface area contributed by atoms with E-state index in [1.54, 1.807) is 13.2 Å². The molecule has 1 unspecified atom stereocenters. The lowest BCUT2D eigenvalue weighted by molar-refractivity contribution is 0.0947. The molecule has 0 radical (unpaired) electrons. The smallest absolute Gasteiger partial charge is 0.257 e. The normalized spacial score (nSPS) is 16.6. The van der Waals surface area contributed by atoms with Crippen molar-refractivity contribution in [1.29, 1.82) is 0 Å². The molecule has 0 bridgehead atoms. The molecule has 162 valence electrons. The largest absolute Gasteiger partial charge is 0.496 e. The van der Waals surface area contributed by atoms with E-state index in [4.69, 9.17) is 4.74 Å². The minimum absolute atomic E-state index is 0.212. The zero-order valence-electron chi connectivity index (χ0n) is 18.5. The van der Waals surface area contributed by atoms with Crippen molar-refractivity contribution in [2.24, 2.45) is 0 Å². The van der Waals surface area contributed by atoms with E-state index in [0.29, 0.717) is 25.6 Å². The average Bonchev–Trinajstić information content (AvgIpc) is 3.14. The van der Waals surface area contributed by atoms with Crippen molar-refractivity contribution in [2.75, 3.05) is 27.2 Å². The van der Waals surface area contributed by atoms with Gasteiger partial charge in [-0.15, -0.1) is 0 Å². The number of methoxy groups -OCH3 is 1. The highest BCUT2D eigenvalue weighted by molar-refractivity contribution is 5.95. The van der Waals surface area contributed by atoms with Crippen LogP contribution in [0.25, 0.3) is 0 Å². The van der Waals surface area contributed by atoms with Crippen molar-refractivity contribution in [3.63, 3.8) is 0 Å². The second kappa shape index (κ2) is 9.94. The first-order valence-corrected chi connectivity index (χ1v) is 10.8. The predicted molar refractivity (Wildman–Crippen MR) is 120 cm³/mol. The number of amides is 1. The number of carbonyl (C=O) groups is 1. The van der Waals surface area contributed by atoms with Gasteiger partial charge in [0.2, 0.25) is 0 Å². The number of aryl methyl sites for hydroxylation is 1. The SMILES string of the molecule is CCc1c(C(=O)NCCC2CCCN2C)c(=O)cc(C)n1Cc1ccccc1OC. The number of pyridine rings is 1. The number of benzene rings is 1. The third-order valence-electron chi connectivity index (χ3n) is 6.14.